The summed E-state index contributed by atoms with van der Waals surface area (Å²) in [5.41, 5.74) is -0.436. The lowest BCUT2D eigenvalue weighted by molar-refractivity contribution is -0.140. The number of methoxy groups -OCH3 is 1. The molecule has 0 aromatic heterocycles. The molecule has 0 amide bonds. The van der Waals surface area contributed by atoms with Crippen LogP contribution in [0.4, 0.5) is 0 Å². The molecule has 1 saturated carbocycles. The van der Waals surface area contributed by atoms with Crippen molar-refractivity contribution in [1.82, 2.24) is 0 Å². The molecular formula is C12H22O3. The topological polar surface area (TPSA) is 46.5 Å². The minimum absolute atomic E-state index is 0.148. The van der Waals surface area contributed by atoms with Crippen molar-refractivity contribution >= 4 is 5.97 Å². The van der Waals surface area contributed by atoms with Gasteiger partial charge in [0.15, 0.2) is 0 Å². The lowest BCUT2D eigenvalue weighted by Gasteiger charge is -2.32. The van der Waals surface area contributed by atoms with Crippen LogP contribution in [0.15, 0.2) is 0 Å². The first-order chi connectivity index (χ1) is 7.16. The van der Waals surface area contributed by atoms with Crippen LogP contribution < -0.4 is 0 Å². The summed E-state index contributed by atoms with van der Waals surface area (Å²) in [4.78, 5) is 10.9. The first-order valence-electron chi connectivity index (χ1n) is 5.95. The summed E-state index contributed by atoms with van der Waals surface area (Å²) in [7, 11) is 1.41. The maximum Gasteiger partial charge on any atom is 0.305 e. The van der Waals surface area contributed by atoms with Gasteiger partial charge in [-0.25, -0.2) is 0 Å². The molecule has 88 valence electrons. The van der Waals surface area contributed by atoms with Crippen LogP contribution in [0.2, 0.25) is 0 Å². The van der Waals surface area contributed by atoms with Gasteiger partial charge in [0.05, 0.1) is 12.7 Å². The maximum atomic E-state index is 10.9. The van der Waals surface area contributed by atoms with Gasteiger partial charge in [-0.2, -0.15) is 0 Å². The third-order valence-electron chi connectivity index (χ3n) is 3.28. The molecule has 1 aliphatic carbocycles. The molecule has 0 aromatic carbocycles. The molecule has 0 radical (unpaired) electrons. The number of hydrogen-bond acceptors (Lipinski definition) is 3. The number of hydrogen-bond donors (Lipinski definition) is 1. The zero-order chi connectivity index (χ0) is 11.1. The SMILES string of the molecule is COC(=O)CCCCC1(O)CCCCC1. The smallest absolute Gasteiger partial charge is 0.305 e. The Balaban J connectivity index is 2.10. The Morgan fingerprint density at radius 2 is 1.93 bits per heavy atom. The van der Waals surface area contributed by atoms with Crippen LogP contribution in [0, 0.1) is 0 Å². The maximum absolute atomic E-state index is 10.9. The van der Waals surface area contributed by atoms with E-state index in [1.807, 2.05) is 0 Å². The average molecular weight is 214 g/mol. The van der Waals surface area contributed by atoms with Crippen LogP contribution in [0.5, 0.6) is 0 Å². The van der Waals surface area contributed by atoms with Crippen molar-refractivity contribution in [1.29, 1.82) is 0 Å². The summed E-state index contributed by atoms with van der Waals surface area (Å²) in [5, 5.41) is 10.2. The quantitative estimate of drug-likeness (QED) is 0.564. The van der Waals surface area contributed by atoms with E-state index in [4.69, 9.17) is 0 Å². The van der Waals surface area contributed by atoms with Gasteiger partial charge >= 0.3 is 5.97 Å². The van der Waals surface area contributed by atoms with Gasteiger partial charge in [0.1, 0.15) is 0 Å². The van der Waals surface area contributed by atoms with E-state index in [-0.39, 0.29) is 5.97 Å². The van der Waals surface area contributed by atoms with E-state index in [0.717, 1.165) is 44.9 Å². The molecule has 0 spiro atoms. The number of esters is 1. The van der Waals surface area contributed by atoms with Gasteiger partial charge in [0, 0.05) is 6.42 Å². The standard InChI is InChI=1S/C12H22O3/c1-15-11(13)7-3-6-10-12(14)8-4-2-5-9-12/h14H,2-10H2,1H3. The summed E-state index contributed by atoms with van der Waals surface area (Å²) < 4.78 is 4.57. The molecule has 1 fully saturated rings. The molecule has 1 N–H and O–H groups in total. The van der Waals surface area contributed by atoms with E-state index in [9.17, 15) is 9.90 Å². The Morgan fingerprint density at radius 3 is 2.53 bits per heavy atom. The van der Waals surface area contributed by atoms with Crippen molar-refractivity contribution in [3.63, 3.8) is 0 Å². The summed E-state index contributed by atoms with van der Waals surface area (Å²) in [6.45, 7) is 0. The Kier molecular flexibility index (Phi) is 5.09. The monoisotopic (exact) mass is 214 g/mol. The Bertz CT molecular complexity index is 195. The highest BCUT2D eigenvalue weighted by atomic mass is 16.5. The molecule has 0 saturated heterocycles. The second-order valence-electron chi connectivity index (χ2n) is 4.57. The molecule has 0 atom stereocenters. The fraction of sp³-hybridized carbons (Fsp3) is 0.917. The minimum atomic E-state index is -0.436. The van der Waals surface area contributed by atoms with Crippen LogP contribution in [0.3, 0.4) is 0 Å². The molecule has 1 aliphatic rings. The second-order valence-corrected chi connectivity index (χ2v) is 4.57. The zero-order valence-electron chi connectivity index (χ0n) is 9.63. The van der Waals surface area contributed by atoms with Gasteiger partial charge in [-0.15, -0.1) is 0 Å². The van der Waals surface area contributed by atoms with Gasteiger partial charge < -0.3 is 9.84 Å². The van der Waals surface area contributed by atoms with Crippen LogP contribution in [0.1, 0.15) is 57.8 Å². The van der Waals surface area contributed by atoms with E-state index in [1.54, 1.807) is 0 Å². The highest BCUT2D eigenvalue weighted by Gasteiger charge is 2.28. The fourth-order valence-corrected chi connectivity index (χ4v) is 2.29. The number of ether oxygens (including phenoxy) is 1. The van der Waals surface area contributed by atoms with Gasteiger partial charge in [0.2, 0.25) is 0 Å². The van der Waals surface area contributed by atoms with E-state index in [0.29, 0.717) is 6.42 Å². The molecule has 1 rings (SSSR count). The van der Waals surface area contributed by atoms with Gasteiger partial charge in [-0.3, -0.25) is 4.79 Å². The molecule has 0 aliphatic heterocycles. The van der Waals surface area contributed by atoms with Crippen LogP contribution in [-0.4, -0.2) is 23.8 Å². The predicted molar refractivity (Wildman–Crippen MR) is 58.5 cm³/mol. The van der Waals surface area contributed by atoms with Crippen LogP contribution in [-0.2, 0) is 9.53 Å². The molecule has 0 bridgehead atoms. The summed E-state index contributed by atoms with van der Waals surface area (Å²) >= 11 is 0. The summed E-state index contributed by atoms with van der Waals surface area (Å²) in [6, 6.07) is 0. The van der Waals surface area contributed by atoms with E-state index >= 15 is 0 Å². The first kappa shape index (κ1) is 12.5. The second kappa shape index (κ2) is 6.11. The van der Waals surface area contributed by atoms with Crippen molar-refractivity contribution in [2.24, 2.45) is 0 Å². The Morgan fingerprint density at radius 1 is 1.27 bits per heavy atom. The fourth-order valence-electron chi connectivity index (χ4n) is 2.29. The van der Waals surface area contributed by atoms with Gasteiger partial charge in [0.25, 0.3) is 0 Å². The largest absolute Gasteiger partial charge is 0.469 e. The lowest BCUT2D eigenvalue weighted by Crippen LogP contribution is -2.31. The lowest BCUT2D eigenvalue weighted by atomic mass is 9.81. The van der Waals surface area contributed by atoms with E-state index < -0.39 is 5.60 Å². The Hall–Kier alpha value is -0.570. The van der Waals surface area contributed by atoms with Crippen molar-refractivity contribution < 1.29 is 14.6 Å². The molecule has 0 heterocycles. The number of carbonyl (C=O) groups is 1. The van der Waals surface area contributed by atoms with Gasteiger partial charge in [-0.1, -0.05) is 25.7 Å². The molecule has 0 aromatic rings. The van der Waals surface area contributed by atoms with Crippen LogP contribution in [0.25, 0.3) is 0 Å². The molecular weight excluding hydrogens is 192 g/mol. The number of aliphatic hydroxyl groups is 1. The predicted octanol–water partition coefficient (Wildman–Crippen LogP) is 2.42. The van der Waals surface area contributed by atoms with Gasteiger partial charge in [-0.05, 0) is 25.7 Å². The normalized spacial score (nSPS) is 19.9. The Labute approximate surface area is 91.8 Å². The first-order valence-corrected chi connectivity index (χ1v) is 5.95. The molecule has 15 heavy (non-hydrogen) atoms. The number of rotatable bonds is 5. The van der Waals surface area contributed by atoms with Crippen molar-refractivity contribution in [2.45, 2.75) is 63.4 Å². The zero-order valence-corrected chi connectivity index (χ0v) is 9.63. The van der Waals surface area contributed by atoms with Crippen LogP contribution >= 0.6 is 0 Å². The summed E-state index contributed by atoms with van der Waals surface area (Å²) in [6.07, 6.45) is 8.49. The van der Waals surface area contributed by atoms with E-state index in [1.165, 1.54) is 13.5 Å². The van der Waals surface area contributed by atoms with Crippen molar-refractivity contribution in [3.8, 4) is 0 Å². The summed E-state index contributed by atoms with van der Waals surface area (Å²) in [5.74, 6) is -0.148. The number of unbranched alkanes of at least 4 members (excludes halogenated alkanes) is 1. The van der Waals surface area contributed by atoms with Crippen molar-refractivity contribution in [3.05, 3.63) is 0 Å². The molecule has 3 nitrogen and oxygen atoms in total. The number of carbonyl (C=O) groups excluding carboxylic acids is 1. The highest BCUT2D eigenvalue weighted by Crippen LogP contribution is 2.32. The third kappa shape index (κ3) is 4.65. The average Bonchev–Trinajstić information content (AvgIpc) is 2.25. The minimum Gasteiger partial charge on any atom is -0.469 e. The molecule has 0 unspecified atom stereocenters. The van der Waals surface area contributed by atoms with E-state index in [2.05, 4.69) is 4.74 Å². The van der Waals surface area contributed by atoms with Crippen molar-refractivity contribution in [2.75, 3.05) is 7.11 Å². The molecule has 3 heteroatoms. The highest BCUT2D eigenvalue weighted by molar-refractivity contribution is 5.68. The third-order valence-corrected chi connectivity index (χ3v) is 3.28.